The van der Waals surface area contributed by atoms with Crippen molar-refractivity contribution in [1.29, 1.82) is 0 Å². The van der Waals surface area contributed by atoms with E-state index < -0.39 is 11.6 Å². The number of nitrogens with one attached hydrogen (secondary N) is 1. The zero-order valence-corrected chi connectivity index (χ0v) is 24.5. The number of nitrogens with two attached hydrogens (primary N) is 1. The summed E-state index contributed by atoms with van der Waals surface area (Å²) in [5, 5.41) is 4.52. The van der Waals surface area contributed by atoms with E-state index in [1.54, 1.807) is 6.07 Å². The second-order valence-corrected chi connectivity index (χ2v) is 13.0. The van der Waals surface area contributed by atoms with E-state index >= 15 is 4.39 Å². The number of rotatable bonds is 6. The van der Waals surface area contributed by atoms with Gasteiger partial charge in [-0.1, -0.05) is 22.9 Å². The van der Waals surface area contributed by atoms with Gasteiger partial charge in [0.15, 0.2) is 10.9 Å². The maximum atomic E-state index is 16.6. The summed E-state index contributed by atoms with van der Waals surface area (Å²) in [7, 11) is 0. The highest BCUT2D eigenvalue weighted by atomic mass is 35.5. The number of halogens is 3. The van der Waals surface area contributed by atoms with E-state index in [1.807, 2.05) is 0 Å². The third kappa shape index (κ3) is 4.76. The maximum Gasteiger partial charge on any atom is 0.319 e. The minimum Gasteiger partial charge on any atom is -0.462 e. The van der Waals surface area contributed by atoms with E-state index in [0.29, 0.717) is 41.5 Å². The molecular formula is C29H32ClF2N7OS. The highest BCUT2D eigenvalue weighted by molar-refractivity contribution is 7.22. The van der Waals surface area contributed by atoms with Crippen LogP contribution in [-0.2, 0) is 0 Å². The lowest BCUT2D eigenvalue weighted by Gasteiger charge is -2.34. The molecule has 216 valence electrons. The van der Waals surface area contributed by atoms with E-state index in [0.717, 1.165) is 56.7 Å². The van der Waals surface area contributed by atoms with Crippen LogP contribution in [0.5, 0.6) is 6.01 Å². The van der Waals surface area contributed by atoms with Crippen molar-refractivity contribution in [2.45, 2.75) is 63.7 Å². The number of benzene rings is 2. The van der Waals surface area contributed by atoms with Crippen LogP contribution in [0.2, 0.25) is 5.02 Å². The van der Waals surface area contributed by atoms with Gasteiger partial charge in [0.1, 0.15) is 23.8 Å². The van der Waals surface area contributed by atoms with E-state index in [-0.39, 0.29) is 43.5 Å². The predicted molar refractivity (Wildman–Crippen MR) is 160 cm³/mol. The molecule has 2 bridgehead atoms. The van der Waals surface area contributed by atoms with Crippen LogP contribution in [0.25, 0.3) is 32.2 Å². The first-order valence-corrected chi connectivity index (χ1v) is 15.4. The topological polar surface area (TPSA) is 92.4 Å². The molecule has 2 aromatic heterocycles. The summed E-state index contributed by atoms with van der Waals surface area (Å²) >= 11 is 7.81. The number of piperazine rings is 1. The maximum absolute atomic E-state index is 16.6. The number of hydrogen-bond donors (Lipinski definition) is 2. The SMILES string of the molecule is CC(C)N1CCC[C@H]1COc1nc(N2CC3CCC(C2)N3)c2cc(Cl)c(-c3ccc(F)c4sc(N)nc34)c(F)c2n1. The standard InChI is InChI=1S/C29H32ClF2N7OS/c1-14(2)39-9-3-4-17(39)13-40-29-36-24-19(27(37-29)38-11-15-5-6-16(12-38)34-15)10-20(30)22(23(24)32)18-7-8-21(31)26-25(18)35-28(33)41-26/h7-8,10,14-17,34H,3-6,9,11-13H2,1-2H3,(H2,33,35)/t15?,16?,17-/m0/s1. The smallest absolute Gasteiger partial charge is 0.319 e. The molecular weight excluding hydrogens is 568 g/mol. The Kier molecular flexibility index (Phi) is 6.88. The van der Waals surface area contributed by atoms with E-state index in [2.05, 4.69) is 38.9 Å². The summed E-state index contributed by atoms with van der Waals surface area (Å²) in [6.45, 7) is 7.33. The Labute approximate surface area is 245 Å². The molecule has 0 amide bonds. The van der Waals surface area contributed by atoms with Crippen molar-refractivity contribution in [2.75, 3.05) is 36.9 Å². The van der Waals surface area contributed by atoms with Gasteiger partial charge in [-0.3, -0.25) is 4.90 Å². The van der Waals surface area contributed by atoms with Crippen LogP contribution < -0.4 is 20.7 Å². The predicted octanol–water partition coefficient (Wildman–Crippen LogP) is 5.61. The average molecular weight is 600 g/mol. The molecule has 2 unspecified atom stereocenters. The van der Waals surface area contributed by atoms with Gasteiger partial charge in [0.25, 0.3) is 0 Å². The minimum atomic E-state index is -0.622. The van der Waals surface area contributed by atoms with Crippen molar-refractivity contribution in [3.63, 3.8) is 0 Å². The van der Waals surface area contributed by atoms with E-state index in [1.165, 1.54) is 12.1 Å². The summed E-state index contributed by atoms with van der Waals surface area (Å²) in [4.78, 5) is 18.4. The number of ether oxygens (including phenoxy) is 1. The number of nitrogens with zero attached hydrogens (tertiary/aromatic N) is 5. The molecule has 7 rings (SSSR count). The third-order valence-corrected chi connectivity index (χ3v) is 9.82. The molecule has 3 aliphatic heterocycles. The largest absolute Gasteiger partial charge is 0.462 e. The first kappa shape index (κ1) is 27.0. The third-order valence-electron chi connectivity index (χ3n) is 8.63. The quantitative estimate of drug-likeness (QED) is 0.295. The summed E-state index contributed by atoms with van der Waals surface area (Å²) in [5.74, 6) is -0.473. The fraction of sp³-hybridized carbons (Fsp3) is 0.483. The molecule has 3 saturated heterocycles. The Bertz CT molecular complexity index is 1640. The van der Waals surface area contributed by atoms with Crippen molar-refractivity contribution >= 4 is 55.0 Å². The Morgan fingerprint density at radius 1 is 1.12 bits per heavy atom. The zero-order valence-electron chi connectivity index (χ0n) is 23.0. The summed E-state index contributed by atoms with van der Waals surface area (Å²) in [5.41, 5.74) is 6.75. The minimum absolute atomic E-state index is 0.104. The molecule has 3 aliphatic rings. The Morgan fingerprint density at radius 2 is 1.90 bits per heavy atom. The van der Waals surface area contributed by atoms with E-state index in [9.17, 15) is 4.39 Å². The monoisotopic (exact) mass is 599 g/mol. The average Bonchev–Trinajstić information content (AvgIpc) is 3.67. The fourth-order valence-electron chi connectivity index (χ4n) is 6.76. The first-order valence-electron chi connectivity index (χ1n) is 14.2. The van der Waals surface area contributed by atoms with Gasteiger partial charge in [-0.15, -0.1) is 0 Å². The zero-order chi connectivity index (χ0) is 28.4. The van der Waals surface area contributed by atoms with Crippen molar-refractivity contribution in [2.24, 2.45) is 0 Å². The van der Waals surface area contributed by atoms with Gasteiger partial charge in [-0.25, -0.2) is 13.8 Å². The van der Waals surface area contributed by atoms with Gasteiger partial charge in [-0.05, 0) is 64.3 Å². The molecule has 0 radical (unpaired) electrons. The van der Waals surface area contributed by atoms with Crippen molar-refractivity contribution in [1.82, 2.24) is 25.2 Å². The van der Waals surface area contributed by atoms with Gasteiger partial charge < -0.3 is 20.7 Å². The number of aromatic nitrogens is 3. The Balaban J connectivity index is 1.36. The molecule has 3 N–H and O–H groups in total. The van der Waals surface area contributed by atoms with Crippen molar-refractivity contribution in [3.8, 4) is 17.1 Å². The number of fused-ring (bicyclic) bond motifs is 4. The summed E-state index contributed by atoms with van der Waals surface area (Å²) in [6, 6.07) is 5.98. The second kappa shape index (κ2) is 10.4. The normalized spacial score (nSPS) is 23.0. The van der Waals surface area contributed by atoms with Crippen LogP contribution in [-0.4, -0.2) is 70.3 Å². The molecule has 5 heterocycles. The van der Waals surface area contributed by atoms with Crippen LogP contribution in [0.4, 0.5) is 19.7 Å². The molecule has 12 heteroatoms. The van der Waals surface area contributed by atoms with Gasteiger partial charge in [0.2, 0.25) is 0 Å². The first-order chi connectivity index (χ1) is 19.8. The molecule has 0 saturated carbocycles. The molecule has 8 nitrogen and oxygen atoms in total. The number of nitrogen functional groups attached to an aromatic ring is 1. The van der Waals surface area contributed by atoms with Gasteiger partial charge in [0, 0.05) is 53.8 Å². The van der Waals surface area contributed by atoms with Crippen LogP contribution in [0, 0.1) is 11.6 Å². The van der Waals surface area contributed by atoms with Gasteiger partial charge in [-0.2, -0.15) is 9.97 Å². The fourth-order valence-corrected chi connectivity index (χ4v) is 7.82. The van der Waals surface area contributed by atoms with Gasteiger partial charge >= 0.3 is 6.01 Å². The number of anilines is 2. The number of thiazole rings is 1. The van der Waals surface area contributed by atoms with Gasteiger partial charge in [0.05, 0.1) is 15.2 Å². The molecule has 2 aromatic carbocycles. The number of likely N-dealkylation sites (tertiary alicyclic amines) is 1. The summed E-state index contributed by atoms with van der Waals surface area (Å²) < 4.78 is 37.7. The Hall–Kier alpha value is -2.86. The van der Waals surface area contributed by atoms with Crippen LogP contribution in [0.3, 0.4) is 0 Å². The number of hydrogen-bond acceptors (Lipinski definition) is 9. The van der Waals surface area contributed by atoms with Crippen LogP contribution in [0.15, 0.2) is 18.2 Å². The molecule has 4 aromatic rings. The van der Waals surface area contributed by atoms with Crippen molar-refractivity contribution in [3.05, 3.63) is 34.9 Å². The second-order valence-electron chi connectivity index (χ2n) is 11.6. The highest BCUT2D eigenvalue weighted by Crippen LogP contribution is 2.43. The Morgan fingerprint density at radius 3 is 2.66 bits per heavy atom. The lowest BCUT2D eigenvalue weighted by molar-refractivity contribution is 0.138. The molecule has 0 spiro atoms. The van der Waals surface area contributed by atoms with Crippen LogP contribution >= 0.6 is 22.9 Å². The summed E-state index contributed by atoms with van der Waals surface area (Å²) in [6.07, 6.45) is 4.34. The lowest BCUT2D eigenvalue weighted by Crippen LogP contribution is -2.51. The van der Waals surface area contributed by atoms with Crippen molar-refractivity contribution < 1.29 is 13.5 Å². The lowest BCUT2D eigenvalue weighted by atomic mass is 10.0. The molecule has 3 fully saturated rings. The highest BCUT2D eigenvalue weighted by Gasteiger charge is 2.35. The molecule has 0 aliphatic carbocycles. The van der Waals surface area contributed by atoms with E-state index in [4.69, 9.17) is 27.1 Å². The molecule has 41 heavy (non-hydrogen) atoms. The van der Waals surface area contributed by atoms with Crippen LogP contribution in [0.1, 0.15) is 39.5 Å². The molecule has 3 atom stereocenters.